The minimum Gasteiger partial charge on any atom is -0.334 e. The predicted molar refractivity (Wildman–Crippen MR) is 67.7 cm³/mol. The van der Waals surface area contributed by atoms with E-state index in [0.717, 1.165) is 30.8 Å². The first-order chi connectivity index (χ1) is 8.42. The average molecular weight is 247 g/mol. The number of hydrogen-bond donors (Lipinski definition) is 1. The van der Waals surface area contributed by atoms with Crippen LogP contribution in [-0.4, -0.2) is 23.2 Å². The Morgan fingerprint density at radius 3 is 3.00 bits per heavy atom. The van der Waals surface area contributed by atoms with E-state index in [1.165, 1.54) is 5.57 Å². The molecule has 2 aromatic heterocycles. The van der Waals surface area contributed by atoms with Crippen molar-refractivity contribution < 1.29 is 4.52 Å². The Morgan fingerprint density at radius 1 is 1.35 bits per heavy atom. The second kappa shape index (κ2) is 4.81. The van der Waals surface area contributed by atoms with Crippen molar-refractivity contribution in [1.29, 1.82) is 0 Å². The lowest BCUT2D eigenvalue weighted by Gasteiger charge is -2.13. The summed E-state index contributed by atoms with van der Waals surface area (Å²) in [6.45, 7) is 2.08. The summed E-state index contributed by atoms with van der Waals surface area (Å²) in [5.74, 6) is 1.30. The minimum atomic E-state index is 0.616. The van der Waals surface area contributed by atoms with Gasteiger partial charge in [0.15, 0.2) is 0 Å². The highest BCUT2D eigenvalue weighted by molar-refractivity contribution is 7.13. The largest absolute Gasteiger partial charge is 0.334 e. The van der Waals surface area contributed by atoms with Gasteiger partial charge >= 0.3 is 0 Å². The van der Waals surface area contributed by atoms with E-state index < -0.39 is 0 Å². The fourth-order valence-corrected chi connectivity index (χ4v) is 2.52. The van der Waals surface area contributed by atoms with E-state index in [2.05, 4.69) is 15.5 Å². The Morgan fingerprint density at radius 2 is 2.24 bits per heavy atom. The maximum absolute atomic E-state index is 5.24. The topological polar surface area (TPSA) is 51.0 Å². The number of piperidine rings is 1. The van der Waals surface area contributed by atoms with Crippen LogP contribution in [0, 0.1) is 0 Å². The van der Waals surface area contributed by atoms with E-state index >= 15 is 0 Å². The molecule has 0 amide bonds. The van der Waals surface area contributed by atoms with Crippen molar-refractivity contribution in [2.24, 2.45) is 0 Å². The lowest BCUT2D eigenvalue weighted by atomic mass is 10.1. The third-order valence-electron chi connectivity index (χ3n) is 2.76. The summed E-state index contributed by atoms with van der Waals surface area (Å²) in [5, 5.41) is 9.32. The molecule has 2 aromatic rings. The van der Waals surface area contributed by atoms with Crippen LogP contribution in [0.4, 0.5) is 0 Å². The standard InChI is InChI=1S/C12H13N3OS/c1-2-10(17-7-1)12-14-11(16-15-12)8-9-3-5-13-6-4-9/h1-2,7-8,13H,3-6H2. The zero-order valence-corrected chi connectivity index (χ0v) is 10.2. The number of nitrogens with zero attached hydrogens (tertiary/aromatic N) is 2. The molecule has 0 radical (unpaired) electrons. The molecule has 0 saturated carbocycles. The number of nitrogens with one attached hydrogen (secondary N) is 1. The Labute approximate surface area is 103 Å². The highest BCUT2D eigenvalue weighted by Crippen LogP contribution is 2.22. The van der Waals surface area contributed by atoms with Gasteiger partial charge in [-0.05, 0) is 37.4 Å². The quantitative estimate of drug-likeness (QED) is 0.886. The summed E-state index contributed by atoms with van der Waals surface area (Å²) in [7, 11) is 0. The number of hydrogen-bond acceptors (Lipinski definition) is 5. The van der Waals surface area contributed by atoms with Crippen LogP contribution in [0.15, 0.2) is 27.6 Å². The van der Waals surface area contributed by atoms with Crippen molar-refractivity contribution in [2.45, 2.75) is 12.8 Å². The van der Waals surface area contributed by atoms with E-state index in [1.807, 2.05) is 23.6 Å². The van der Waals surface area contributed by atoms with Crippen LogP contribution in [0.5, 0.6) is 0 Å². The van der Waals surface area contributed by atoms with Gasteiger partial charge in [0.05, 0.1) is 4.88 Å². The van der Waals surface area contributed by atoms with Crippen LogP contribution < -0.4 is 5.32 Å². The molecular formula is C12H13N3OS. The van der Waals surface area contributed by atoms with E-state index in [4.69, 9.17) is 4.52 Å². The average Bonchev–Trinajstić information content (AvgIpc) is 3.00. The second-order valence-electron chi connectivity index (χ2n) is 3.99. The van der Waals surface area contributed by atoms with Crippen LogP contribution in [0.2, 0.25) is 0 Å². The molecule has 0 bridgehead atoms. The Kier molecular flexibility index (Phi) is 3.02. The first kappa shape index (κ1) is 10.7. The Balaban J connectivity index is 1.80. The van der Waals surface area contributed by atoms with Crippen LogP contribution in [-0.2, 0) is 0 Å². The molecule has 88 valence electrons. The summed E-state index contributed by atoms with van der Waals surface area (Å²) < 4.78 is 5.24. The van der Waals surface area contributed by atoms with Gasteiger partial charge in [-0.2, -0.15) is 4.98 Å². The monoisotopic (exact) mass is 247 g/mol. The van der Waals surface area contributed by atoms with Crippen molar-refractivity contribution in [3.63, 3.8) is 0 Å². The van der Waals surface area contributed by atoms with Gasteiger partial charge in [-0.15, -0.1) is 11.3 Å². The van der Waals surface area contributed by atoms with Crippen LogP contribution in [0.25, 0.3) is 16.8 Å². The number of aromatic nitrogens is 2. The normalized spacial score (nSPS) is 16.1. The molecule has 17 heavy (non-hydrogen) atoms. The van der Waals surface area contributed by atoms with Gasteiger partial charge in [0.2, 0.25) is 5.82 Å². The van der Waals surface area contributed by atoms with Gasteiger partial charge in [0, 0.05) is 6.08 Å². The lowest BCUT2D eigenvalue weighted by Crippen LogP contribution is -2.22. The fraction of sp³-hybridized carbons (Fsp3) is 0.333. The minimum absolute atomic E-state index is 0.616. The van der Waals surface area contributed by atoms with Crippen LogP contribution in [0.1, 0.15) is 18.7 Å². The van der Waals surface area contributed by atoms with E-state index in [9.17, 15) is 0 Å². The Hall–Kier alpha value is -1.46. The molecule has 3 rings (SSSR count). The molecule has 4 nitrogen and oxygen atoms in total. The van der Waals surface area contributed by atoms with Crippen molar-refractivity contribution >= 4 is 17.4 Å². The van der Waals surface area contributed by atoms with Crippen molar-refractivity contribution in [3.8, 4) is 10.7 Å². The summed E-state index contributed by atoms with van der Waals surface area (Å²) in [4.78, 5) is 5.43. The SMILES string of the molecule is C(=C1CCNCC1)c1nc(-c2cccs2)no1. The van der Waals surface area contributed by atoms with Gasteiger partial charge in [-0.25, -0.2) is 0 Å². The molecule has 1 aliphatic rings. The maximum Gasteiger partial charge on any atom is 0.250 e. The molecule has 0 unspecified atom stereocenters. The van der Waals surface area contributed by atoms with Gasteiger partial charge in [0.1, 0.15) is 0 Å². The molecule has 1 fully saturated rings. The first-order valence-corrected chi connectivity index (χ1v) is 6.57. The van der Waals surface area contributed by atoms with Gasteiger partial charge in [-0.1, -0.05) is 16.8 Å². The van der Waals surface area contributed by atoms with Crippen molar-refractivity contribution in [1.82, 2.24) is 15.5 Å². The molecule has 1 saturated heterocycles. The summed E-state index contributed by atoms with van der Waals surface area (Å²) >= 11 is 1.62. The zero-order valence-electron chi connectivity index (χ0n) is 9.35. The maximum atomic E-state index is 5.24. The van der Waals surface area contributed by atoms with E-state index in [-0.39, 0.29) is 0 Å². The molecule has 0 atom stereocenters. The predicted octanol–water partition coefficient (Wildman–Crippen LogP) is 2.56. The summed E-state index contributed by atoms with van der Waals surface area (Å²) in [6.07, 6.45) is 4.15. The molecular weight excluding hydrogens is 234 g/mol. The third-order valence-corrected chi connectivity index (χ3v) is 3.62. The molecule has 5 heteroatoms. The highest BCUT2D eigenvalue weighted by atomic mass is 32.1. The van der Waals surface area contributed by atoms with Gasteiger partial charge in [0.25, 0.3) is 5.89 Å². The number of thiophene rings is 1. The molecule has 3 heterocycles. The second-order valence-corrected chi connectivity index (χ2v) is 4.93. The fourth-order valence-electron chi connectivity index (χ4n) is 1.87. The van der Waals surface area contributed by atoms with Crippen molar-refractivity contribution in [3.05, 3.63) is 29.0 Å². The summed E-state index contributed by atoms with van der Waals surface area (Å²) in [6, 6.07) is 3.98. The molecule has 0 aliphatic carbocycles. The molecule has 0 spiro atoms. The van der Waals surface area contributed by atoms with Crippen LogP contribution >= 0.6 is 11.3 Å². The van der Waals surface area contributed by atoms with Crippen LogP contribution in [0.3, 0.4) is 0 Å². The molecule has 1 N–H and O–H groups in total. The first-order valence-electron chi connectivity index (χ1n) is 5.69. The highest BCUT2D eigenvalue weighted by Gasteiger charge is 2.10. The van der Waals surface area contributed by atoms with E-state index in [0.29, 0.717) is 11.7 Å². The molecule has 0 aromatic carbocycles. The van der Waals surface area contributed by atoms with Gasteiger partial charge in [-0.3, -0.25) is 0 Å². The molecule has 1 aliphatic heterocycles. The Bertz CT molecular complexity index is 508. The third kappa shape index (κ3) is 2.45. The van der Waals surface area contributed by atoms with E-state index in [1.54, 1.807) is 11.3 Å². The zero-order chi connectivity index (χ0) is 11.5. The van der Waals surface area contributed by atoms with Crippen molar-refractivity contribution in [2.75, 3.05) is 13.1 Å². The number of rotatable bonds is 2. The summed E-state index contributed by atoms with van der Waals surface area (Å²) in [5.41, 5.74) is 1.38. The smallest absolute Gasteiger partial charge is 0.250 e. The van der Waals surface area contributed by atoms with Gasteiger partial charge < -0.3 is 9.84 Å². The lowest BCUT2D eigenvalue weighted by molar-refractivity contribution is 0.410.